The molecule has 1 amide bonds. The SMILES string of the molecule is CC(NCCC1=CCCCC1)C(=O)Nc1ccccc1. The van der Waals surface area contributed by atoms with Gasteiger partial charge in [-0.3, -0.25) is 4.79 Å². The van der Waals surface area contributed by atoms with Crippen molar-refractivity contribution in [3.05, 3.63) is 42.0 Å². The first kappa shape index (κ1) is 14.8. The van der Waals surface area contributed by atoms with Crippen LogP contribution >= 0.6 is 0 Å². The van der Waals surface area contributed by atoms with Gasteiger partial charge in [-0.15, -0.1) is 0 Å². The minimum absolute atomic E-state index is 0.0221. The van der Waals surface area contributed by atoms with Gasteiger partial charge in [0, 0.05) is 5.69 Å². The molecular weight excluding hydrogens is 248 g/mol. The van der Waals surface area contributed by atoms with Gasteiger partial charge in [0.25, 0.3) is 0 Å². The van der Waals surface area contributed by atoms with Crippen molar-refractivity contribution in [2.24, 2.45) is 0 Å². The van der Waals surface area contributed by atoms with Crippen LogP contribution in [0.25, 0.3) is 0 Å². The molecule has 2 rings (SSSR count). The monoisotopic (exact) mass is 272 g/mol. The molecule has 20 heavy (non-hydrogen) atoms. The number of allylic oxidation sites excluding steroid dienone is 1. The van der Waals surface area contributed by atoms with Crippen LogP contribution in [-0.2, 0) is 4.79 Å². The predicted octanol–water partition coefficient (Wildman–Crippen LogP) is 3.49. The van der Waals surface area contributed by atoms with Crippen molar-refractivity contribution in [1.29, 1.82) is 0 Å². The Bertz CT molecular complexity index is 453. The first-order valence-electron chi connectivity index (χ1n) is 7.53. The van der Waals surface area contributed by atoms with Gasteiger partial charge >= 0.3 is 0 Å². The number of hydrogen-bond donors (Lipinski definition) is 2. The summed E-state index contributed by atoms with van der Waals surface area (Å²) in [6.07, 6.45) is 8.51. The van der Waals surface area contributed by atoms with Gasteiger partial charge in [0.1, 0.15) is 0 Å². The third kappa shape index (κ3) is 4.82. The van der Waals surface area contributed by atoms with E-state index in [0.717, 1.165) is 18.7 Å². The van der Waals surface area contributed by atoms with Crippen molar-refractivity contribution in [1.82, 2.24) is 5.32 Å². The molecule has 108 valence electrons. The van der Waals surface area contributed by atoms with E-state index in [-0.39, 0.29) is 11.9 Å². The molecule has 1 aromatic carbocycles. The van der Waals surface area contributed by atoms with Crippen LogP contribution in [0.4, 0.5) is 5.69 Å². The van der Waals surface area contributed by atoms with Crippen LogP contribution in [0, 0.1) is 0 Å². The fourth-order valence-corrected chi connectivity index (χ4v) is 2.45. The molecule has 1 unspecified atom stereocenters. The van der Waals surface area contributed by atoms with Crippen molar-refractivity contribution in [2.45, 2.75) is 45.1 Å². The van der Waals surface area contributed by atoms with Crippen LogP contribution in [0.2, 0.25) is 0 Å². The topological polar surface area (TPSA) is 41.1 Å². The highest BCUT2D eigenvalue weighted by atomic mass is 16.2. The molecule has 1 aliphatic rings. The summed E-state index contributed by atoms with van der Waals surface area (Å²) in [5.74, 6) is 0.0221. The van der Waals surface area contributed by atoms with Gasteiger partial charge in [-0.05, 0) is 57.7 Å². The predicted molar refractivity (Wildman–Crippen MR) is 83.7 cm³/mol. The van der Waals surface area contributed by atoms with Gasteiger partial charge in [-0.1, -0.05) is 29.8 Å². The molecule has 0 aliphatic heterocycles. The Morgan fingerprint density at radius 3 is 2.75 bits per heavy atom. The average Bonchev–Trinajstić information content (AvgIpc) is 2.49. The second-order valence-corrected chi connectivity index (χ2v) is 5.39. The Kier molecular flexibility index (Phi) is 5.81. The normalized spacial score (nSPS) is 16.4. The number of carbonyl (C=O) groups excluding carboxylic acids is 1. The molecule has 1 aromatic rings. The Balaban J connectivity index is 1.70. The largest absolute Gasteiger partial charge is 0.325 e. The number of para-hydroxylation sites is 1. The summed E-state index contributed by atoms with van der Waals surface area (Å²) in [5.41, 5.74) is 2.39. The molecule has 0 spiro atoms. The van der Waals surface area contributed by atoms with Crippen molar-refractivity contribution < 1.29 is 4.79 Å². The van der Waals surface area contributed by atoms with Crippen molar-refractivity contribution in [2.75, 3.05) is 11.9 Å². The summed E-state index contributed by atoms with van der Waals surface area (Å²) in [4.78, 5) is 12.0. The van der Waals surface area contributed by atoms with E-state index < -0.39 is 0 Å². The fraction of sp³-hybridized carbons (Fsp3) is 0.471. The second kappa shape index (κ2) is 7.85. The summed E-state index contributed by atoms with van der Waals surface area (Å²) in [6.45, 7) is 2.78. The summed E-state index contributed by atoms with van der Waals surface area (Å²) in [6, 6.07) is 9.41. The van der Waals surface area contributed by atoms with Crippen LogP contribution in [0.5, 0.6) is 0 Å². The Labute approximate surface area is 121 Å². The van der Waals surface area contributed by atoms with E-state index in [1.165, 1.54) is 25.7 Å². The van der Waals surface area contributed by atoms with Crippen LogP contribution < -0.4 is 10.6 Å². The zero-order chi connectivity index (χ0) is 14.2. The number of hydrogen-bond acceptors (Lipinski definition) is 2. The molecule has 1 atom stereocenters. The first-order chi connectivity index (χ1) is 9.75. The maximum absolute atomic E-state index is 12.0. The standard InChI is InChI=1S/C17H24N2O/c1-14(17(20)19-16-10-6-3-7-11-16)18-13-12-15-8-4-2-5-9-15/h3,6-8,10-11,14,18H,2,4-5,9,12-13H2,1H3,(H,19,20). The highest BCUT2D eigenvalue weighted by Crippen LogP contribution is 2.19. The van der Waals surface area contributed by atoms with Gasteiger partial charge in [0.15, 0.2) is 0 Å². The van der Waals surface area contributed by atoms with E-state index in [2.05, 4.69) is 16.7 Å². The molecular formula is C17H24N2O. The van der Waals surface area contributed by atoms with E-state index in [1.807, 2.05) is 37.3 Å². The lowest BCUT2D eigenvalue weighted by Gasteiger charge is -2.16. The molecule has 0 saturated carbocycles. The minimum atomic E-state index is -0.167. The molecule has 2 N–H and O–H groups in total. The molecule has 0 bridgehead atoms. The lowest BCUT2D eigenvalue weighted by Crippen LogP contribution is -2.38. The van der Waals surface area contributed by atoms with Crippen LogP contribution in [0.15, 0.2) is 42.0 Å². The number of nitrogens with one attached hydrogen (secondary N) is 2. The zero-order valence-electron chi connectivity index (χ0n) is 12.2. The Morgan fingerprint density at radius 2 is 2.05 bits per heavy atom. The molecule has 3 nitrogen and oxygen atoms in total. The van der Waals surface area contributed by atoms with Crippen LogP contribution in [0.3, 0.4) is 0 Å². The molecule has 0 saturated heterocycles. The third-order valence-electron chi connectivity index (χ3n) is 3.72. The molecule has 0 aromatic heterocycles. The highest BCUT2D eigenvalue weighted by Gasteiger charge is 2.12. The van der Waals surface area contributed by atoms with Crippen molar-refractivity contribution >= 4 is 11.6 Å². The van der Waals surface area contributed by atoms with Crippen molar-refractivity contribution in [3.63, 3.8) is 0 Å². The van der Waals surface area contributed by atoms with E-state index in [4.69, 9.17) is 0 Å². The number of benzene rings is 1. The first-order valence-corrected chi connectivity index (χ1v) is 7.53. The number of amides is 1. The van der Waals surface area contributed by atoms with Gasteiger partial charge in [0.05, 0.1) is 6.04 Å². The Morgan fingerprint density at radius 1 is 1.25 bits per heavy atom. The smallest absolute Gasteiger partial charge is 0.241 e. The van der Waals surface area contributed by atoms with Crippen LogP contribution in [-0.4, -0.2) is 18.5 Å². The second-order valence-electron chi connectivity index (χ2n) is 5.39. The summed E-state index contributed by atoms with van der Waals surface area (Å²) in [7, 11) is 0. The molecule has 1 aliphatic carbocycles. The lowest BCUT2D eigenvalue weighted by molar-refractivity contribution is -0.117. The number of carbonyl (C=O) groups is 1. The summed E-state index contributed by atoms with van der Waals surface area (Å²) < 4.78 is 0. The van der Waals surface area contributed by atoms with E-state index >= 15 is 0 Å². The number of rotatable bonds is 6. The Hall–Kier alpha value is -1.61. The molecule has 3 heteroatoms. The van der Waals surface area contributed by atoms with E-state index in [9.17, 15) is 4.79 Å². The number of anilines is 1. The fourth-order valence-electron chi connectivity index (χ4n) is 2.45. The van der Waals surface area contributed by atoms with Gasteiger partial charge < -0.3 is 10.6 Å². The summed E-state index contributed by atoms with van der Waals surface area (Å²) in [5, 5.41) is 6.21. The maximum Gasteiger partial charge on any atom is 0.241 e. The van der Waals surface area contributed by atoms with Gasteiger partial charge in [-0.2, -0.15) is 0 Å². The average molecular weight is 272 g/mol. The maximum atomic E-state index is 12.0. The van der Waals surface area contributed by atoms with Crippen molar-refractivity contribution in [3.8, 4) is 0 Å². The van der Waals surface area contributed by atoms with Crippen LogP contribution in [0.1, 0.15) is 39.0 Å². The molecule has 0 fully saturated rings. The summed E-state index contributed by atoms with van der Waals surface area (Å²) >= 11 is 0. The van der Waals surface area contributed by atoms with E-state index in [0.29, 0.717) is 0 Å². The quantitative estimate of drug-likeness (QED) is 0.778. The highest BCUT2D eigenvalue weighted by molar-refractivity contribution is 5.94. The molecule has 0 heterocycles. The lowest BCUT2D eigenvalue weighted by atomic mass is 9.97. The van der Waals surface area contributed by atoms with Gasteiger partial charge in [0.2, 0.25) is 5.91 Å². The third-order valence-corrected chi connectivity index (χ3v) is 3.72. The zero-order valence-corrected chi connectivity index (χ0v) is 12.2. The molecule has 0 radical (unpaired) electrons. The van der Waals surface area contributed by atoms with Gasteiger partial charge in [-0.25, -0.2) is 0 Å². The minimum Gasteiger partial charge on any atom is -0.325 e. The van der Waals surface area contributed by atoms with E-state index in [1.54, 1.807) is 5.57 Å².